The fraction of sp³-hybridized carbons (Fsp3) is 0.0400. The summed E-state index contributed by atoms with van der Waals surface area (Å²) in [7, 11) is 1.63. The van der Waals surface area contributed by atoms with Crippen LogP contribution in [0.1, 0.15) is 5.56 Å². The van der Waals surface area contributed by atoms with Crippen molar-refractivity contribution in [3.05, 3.63) is 113 Å². The van der Waals surface area contributed by atoms with Gasteiger partial charge in [-0.2, -0.15) is 9.78 Å². The van der Waals surface area contributed by atoms with Gasteiger partial charge in [0.25, 0.3) is 5.56 Å². The summed E-state index contributed by atoms with van der Waals surface area (Å²) in [5, 5.41) is 4.48. The van der Waals surface area contributed by atoms with E-state index in [1.54, 1.807) is 19.4 Å². The standard InChI is InChI=1S/C25H20N2O2/c1-29-23-14-12-19(13-15-23)18-26-27-24(21-10-6-3-7-11-21)16-22(17-25(27)28)20-8-4-2-5-9-20/h2-18H,1H3. The number of benzene rings is 3. The van der Waals surface area contributed by atoms with Crippen LogP contribution in [-0.2, 0) is 0 Å². The number of hydrogen-bond acceptors (Lipinski definition) is 3. The highest BCUT2D eigenvalue weighted by Crippen LogP contribution is 2.24. The number of hydrogen-bond donors (Lipinski definition) is 0. The highest BCUT2D eigenvalue weighted by Gasteiger charge is 2.09. The van der Waals surface area contributed by atoms with Crippen LogP contribution in [0.2, 0.25) is 0 Å². The van der Waals surface area contributed by atoms with Gasteiger partial charge in [-0.3, -0.25) is 4.79 Å². The first kappa shape index (κ1) is 18.4. The summed E-state index contributed by atoms with van der Waals surface area (Å²) in [6, 6.07) is 30.8. The fourth-order valence-electron chi connectivity index (χ4n) is 3.11. The first-order valence-corrected chi connectivity index (χ1v) is 9.31. The summed E-state index contributed by atoms with van der Waals surface area (Å²) in [6.45, 7) is 0. The molecule has 0 saturated heterocycles. The maximum Gasteiger partial charge on any atom is 0.272 e. The van der Waals surface area contributed by atoms with E-state index >= 15 is 0 Å². The third-order valence-corrected chi connectivity index (χ3v) is 4.62. The maximum atomic E-state index is 13.0. The van der Waals surface area contributed by atoms with Crippen LogP contribution in [0.3, 0.4) is 0 Å². The van der Waals surface area contributed by atoms with E-state index in [0.717, 1.165) is 33.7 Å². The van der Waals surface area contributed by atoms with E-state index in [4.69, 9.17) is 4.74 Å². The monoisotopic (exact) mass is 380 g/mol. The van der Waals surface area contributed by atoms with Gasteiger partial charge in [-0.15, -0.1) is 0 Å². The minimum Gasteiger partial charge on any atom is -0.497 e. The largest absolute Gasteiger partial charge is 0.497 e. The van der Waals surface area contributed by atoms with Crippen molar-refractivity contribution in [3.63, 3.8) is 0 Å². The Balaban J connectivity index is 1.82. The molecule has 0 aliphatic rings. The van der Waals surface area contributed by atoms with E-state index in [2.05, 4.69) is 5.10 Å². The van der Waals surface area contributed by atoms with Crippen molar-refractivity contribution in [1.29, 1.82) is 0 Å². The lowest BCUT2D eigenvalue weighted by Crippen LogP contribution is -2.17. The topological polar surface area (TPSA) is 43.6 Å². The average Bonchev–Trinajstić information content (AvgIpc) is 2.79. The molecule has 0 saturated carbocycles. The summed E-state index contributed by atoms with van der Waals surface area (Å²) in [4.78, 5) is 13.0. The van der Waals surface area contributed by atoms with Gasteiger partial charge in [0.05, 0.1) is 19.0 Å². The molecule has 4 nitrogen and oxygen atoms in total. The highest BCUT2D eigenvalue weighted by molar-refractivity contribution is 5.80. The van der Waals surface area contributed by atoms with Crippen LogP contribution in [0.5, 0.6) is 5.75 Å². The Hall–Kier alpha value is -3.92. The number of methoxy groups -OCH3 is 1. The van der Waals surface area contributed by atoms with Crippen LogP contribution in [0, 0.1) is 0 Å². The predicted octanol–water partition coefficient (Wildman–Crippen LogP) is 5.07. The van der Waals surface area contributed by atoms with E-state index in [-0.39, 0.29) is 5.56 Å². The van der Waals surface area contributed by atoms with Crippen LogP contribution in [0.4, 0.5) is 0 Å². The number of pyridine rings is 1. The van der Waals surface area contributed by atoms with E-state index in [1.807, 2.05) is 91.0 Å². The molecule has 1 aromatic heterocycles. The predicted molar refractivity (Wildman–Crippen MR) is 118 cm³/mol. The summed E-state index contributed by atoms with van der Waals surface area (Å²) < 4.78 is 6.62. The molecule has 0 N–H and O–H groups in total. The molecule has 0 amide bonds. The van der Waals surface area contributed by atoms with Gasteiger partial charge < -0.3 is 4.74 Å². The van der Waals surface area contributed by atoms with Gasteiger partial charge in [0.15, 0.2) is 0 Å². The van der Waals surface area contributed by atoms with Crippen LogP contribution in [-0.4, -0.2) is 18.0 Å². The number of ether oxygens (including phenoxy) is 1. The molecule has 4 heteroatoms. The molecule has 0 atom stereocenters. The number of nitrogens with zero attached hydrogens (tertiary/aromatic N) is 2. The summed E-state index contributed by atoms with van der Waals surface area (Å²) in [5.74, 6) is 0.775. The molecule has 4 aromatic rings. The van der Waals surface area contributed by atoms with Gasteiger partial charge in [0, 0.05) is 11.6 Å². The van der Waals surface area contributed by atoms with Gasteiger partial charge in [-0.05, 0) is 47.0 Å². The lowest BCUT2D eigenvalue weighted by atomic mass is 10.0. The Kier molecular flexibility index (Phi) is 5.34. The third-order valence-electron chi connectivity index (χ3n) is 4.62. The second-order valence-corrected chi connectivity index (χ2v) is 6.53. The molecule has 0 aliphatic heterocycles. The van der Waals surface area contributed by atoms with Gasteiger partial charge in [-0.1, -0.05) is 60.7 Å². The van der Waals surface area contributed by atoms with Gasteiger partial charge >= 0.3 is 0 Å². The van der Waals surface area contributed by atoms with Crippen LogP contribution in [0.25, 0.3) is 22.4 Å². The second kappa shape index (κ2) is 8.40. The molecule has 0 aliphatic carbocycles. The first-order chi connectivity index (χ1) is 14.2. The van der Waals surface area contributed by atoms with E-state index in [0.29, 0.717) is 0 Å². The Bertz CT molecular complexity index is 1180. The summed E-state index contributed by atoms with van der Waals surface area (Å²) in [5.41, 5.74) is 4.22. The van der Waals surface area contributed by atoms with Crippen molar-refractivity contribution in [2.45, 2.75) is 0 Å². The maximum absolute atomic E-state index is 13.0. The molecule has 0 unspecified atom stereocenters. The minimum atomic E-state index is -0.185. The Morgan fingerprint density at radius 1 is 0.759 bits per heavy atom. The molecule has 0 spiro atoms. The van der Waals surface area contributed by atoms with Crippen LogP contribution >= 0.6 is 0 Å². The van der Waals surface area contributed by atoms with E-state index < -0.39 is 0 Å². The van der Waals surface area contributed by atoms with Crippen molar-refractivity contribution in [2.75, 3.05) is 7.11 Å². The minimum absolute atomic E-state index is 0.185. The fourth-order valence-corrected chi connectivity index (χ4v) is 3.11. The van der Waals surface area contributed by atoms with Gasteiger partial charge in [0.2, 0.25) is 0 Å². The van der Waals surface area contributed by atoms with Crippen LogP contribution < -0.4 is 10.3 Å². The molecule has 29 heavy (non-hydrogen) atoms. The first-order valence-electron chi connectivity index (χ1n) is 9.31. The molecule has 4 rings (SSSR count). The molecule has 142 valence electrons. The normalized spacial score (nSPS) is 10.9. The van der Waals surface area contributed by atoms with Crippen LogP contribution in [0.15, 0.2) is 107 Å². The van der Waals surface area contributed by atoms with Gasteiger partial charge in [0.1, 0.15) is 5.75 Å². The van der Waals surface area contributed by atoms with Gasteiger partial charge in [-0.25, -0.2) is 0 Å². The van der Waals surface area contributed by atoms with E-state index in [1.165, 1.54) is 4.68 Å². The quantitative estimate of drug-likeness (QED) is 0.454. The smallest absolute Gasteiger partial charge is 0.272 e. The molecule has 1 heterocycles. The molecule has 0 fully saturated rings. The summed E-state index contributed by atoms with van der Waals surface area (Å²) in [6.07, 6.45) is 1.68. The van der Waals surface area contributed by atoms with Crippen molar-refractivity contribution in [1.82, 2.24) is 4.68 Å². The van der Waals surface area contributed by atoms with E-state index in [9.17, 15) is 4.79 Å². The SMILES string of the molecule is COc1ccc(C=Nn2c(-c3ccccc3)cc(-c3ccccc3)cc2=O)cc1. The molecular formula is C25H20N2O2. The molecule has 0 bridgehead atoms. The lowest BCUT2D eigenvalue weighted by molar-refractivity contribution is 0.415. The zero-order chi connectivity index (χ0) is 20.1. The zero-order valence-corrected chi connectivity index (χ0v) is 16.0. The molecule has 0 radical (unpaired) electrons. The highest BCUT2D eigenvalue weighted by atomic mass is 16.5. The zero-order valence-electron chi connectivity index (χ0n) is 16.0. The Labute approximate surface area is 169 Å². The van der Waals surface area contributed by atoms with Crippen molar-refractivity contribution >= 4 is 6.21 Å². The van der Waals surface area contributed by atoms with Crippen molar-refractivity contribution in [2.24, 2.45) is 5.10 Å². The lowest BCUT2D eigenvalue weighted by Gasteiger charge is -2.11. The molecular weight excluding hydrogens is 360 g/mol. The third kappa shape index (κ3) is 4.17. The Morgan fingerprint density at radius 2 is 1.38 bits per heavy atom. The number of rotatable bonds is 5. The summed E-state index contributed by atoms with van der Waals surface area (Å²) >= 11 is 0. The second-order valence-electron chi connectivity index (χ2n) is 6.53. The number of aromatic nitrogens is 1. The van der Waals surface area contributed by atoms with Crippen molar-refractivity contribution in [3.8, 4) is 28.1 Å². The Morgan fingerprint density at radius 3 is 2.00 bits per heavy atom. The average molecular weight is 380 g/mol. The molecule has 3 aromatic carbocycles. The van der Waals surface area contributed by atoms with Crippen molar-refractivity contribution < 1.29 is 4.74 Å².